The Bertz CT molecular complexity index is 524. The summed E-state index contributed by atoms with van der Waals surface area (Å²) < 4.78 is 0. The number of carboxylic acids is 1. The SMILES string of the molecule is Nc1cc(C(=O)O)cc(-c2ccccc2)n1. The van der Waals surface area contributed by atoms with E-state index >= 15 is 0 Å². The van der Waals surface area contributed by atoms with E-state index in [4.69, 9.17) is 10.8 Å². The fourth-order valence-corrected chi connectivity index (χ4v) is 1.43. The highest BCUT2D eigenvalue weighted by Gasteiger charge is 2.07. The number of rotatable bonds is 2. The smallest absolute Gasteiger partial charge is 0.335 e. The van der Waals surface area contributed by atoms with Gasteiger partial charge in [-0.15, -0.1) is 0 Å². The van der Waals surface area contributed by atoms with Crippen LogP contribution in [0.2, 0.25) is 0 Å². The number of hydrogen-bond donors (Lipinski definition) is 2. The lowest BCUT2D eigenvalue weighted by Crippen LogP contribution is -2.01. The van der Waals surface area contributed by atoms with Crippen molar-refractivity contribution in [1.82, 2.24) is 4.98 Å². The highest BCUT2D eigenvalue weighted by molar-refractivity contribution is 5.89. The number of benzene rings is 1. The van der Waals surface area contributed by atoms with Crippen molar-refractivity contribution < 1.29 is 9.90 Å². The van der Waals surface area contributed by atoms with Gasteiger partial charge in [-0.05, 0) is 12.1 Å². The van der Waals surface area contributed by atoms with E-state index < -0.39 is 5.97 Å². The van der Waals surface area contributed by atoms with Crippen LogP contribution in [0.3, 0.4) is 0 Å². The van der Waals surface area contributed by atoms with Gasteiger partial charge >= 0.3 is 5.97 Å². The number of nitrogens with zero attached hydrogens (tertiary/aromatic N) is 1. The molecule has 1 aromatic carbocycles. The molecule has 4 nitrogen and oxygen atoms in total. The van der Waals surface area contributed by atoms with Gasteiger partial charge in [0.1, 0.15) is 5.82 Å². The Balaban J connectivity index is 2.54. The van der Waals surface area contributed by atoms with E-state index in [1.54, 1.807) is 0 Å². The number of anilines is 1. The Labute approximate surface area is 92.4 Å². The molecule has 0 radical (unpaired) electrons. The van der Waals surface area contributed by atoms with E-state index in [1.807, 2.05) is 30.3 Å². The van der Waals surface area contributed by atoms with Gasteiger partial charge < -0.3 is 10.8 Å². The number of hydrogen-bond acceptors (Lipinski definition) is 3. The Morgan fingerprint density at radius 3 is 2.50 bits per heavy atom. The molecule has 0 spiro atoms. The molecule has 0 aliphatic carbocycles. The van der Waals surface area contributed by atoms with Gasteiger partial charge in [0, 0.05) is 5.56 Å². The zero-order chi connectivity index (χ0) is 11.5. The zero-order valence-electron chi connectivity index (χ0n) is 8.42. The molecule has 0 unspecified atom stereocenters. The summed E-state index contributed by atoms with van der Waals surface area (Å²) in [5.41, 5.74) is 7.12. The average Bonchev–Trinajstić information content (AvgIpc) is 2.29. The standard InChI is InChI=1S/C12H10N2O2/c13-11-7-9(12(15)16)6-10(14-11)8-4-2-1-3-5-8/h1-7H,(H2,13,14)(H,15,16). The summed E-state index contributed by atoms with van der Waals surface area (Å²) in [5.74, 6) is -0.801. The maximum atomic E-state index is 10.9. The van der Waals surface area contributed by atoms with Gasteiger partial charge in [0.2, 0.25) is 0 Å². The summed E-state index contributed by atoms with van der Waals surface area (Å²) in [7, 11) is 0. The average molecular weight is 214 g/mol. The summed E-state index contributed by atoms with van der Waals surface area (Å²) in [6.45, 7) is 0. The molecule has 0 fully saturated rings. The minimum Gasteiger partial charge on any atom is -0.478 e. The van der Waals surface area contributed by atoms with Crippen molar-refractivity contribution in [2.45, 2.75) is 0 Å². The zero-order valence-corrected chi connectivity index (χ0v) is 8.42. The predicted molar refractivity (Wildman–Crippen MR) is 61.0 cm³/mol. The van der Waals surface area contributed by atoms with E-state index in [0.717, 1.165) is 5.56 Å². The highest BCUT2D eigenvalue weighted by atomic mass is 16.4. The Morgan fingerprint density at radius 1 is 1.19 bits per heavy atom. The van der Waals surface area contributed by atoms with Gasteiger partial charge in [-0.1, -0.05) is 30.3 Å². The number of carboxylic acid groups (broad SMARTS) is 1. The first-order valence-corrected chi connectivity index (χ1v) is 4.73. The van der Waals surface area contributed by atoms with Gasteiger partial charge in [-0.2, -0.15) is 0 Å². The predicted octanol–water partition coefficient (Wildman–Crippen LogP) is 2.03. The molecule has 2 rings (SSSR count). The monoisotopic (exact) mass is 214 g/mol. The quantitative estimate of drug-likeness (QED) is 0.801. The van der Waals surface area contributed by atoms with Crippen molar-refractivity contribution in [3.63, 3.8) is 0 Å². The summed E-state index contributed by atoms with van der Waals surface area (Å²) >= 11 is 0. The van der Waals surface area contributed by atoms with Crippen molar-refractivity contribution >= 4 is 11.8 Å². The maximum Gasteiger partial charge on any atom is 0.335 e. The summed E-state index contributed by atoms with van der Waals surface area (Å²) in [5, 5.41) is 8.90. The van der Waals surface area contributed by atoms with Crippen molar-refractivity contribution in [3.8, 4) is 11.3 Å². The molecular formula is C12H10N2O2. The fourth-order valence-electron chi connectivity index (χ4n) is 1.43. The van der Waals surface area contributed by atoms with Crippen molar-refractivity contribution in [2.75, 3.05) is 5.73 Å². The van der Waals surface area contributed by atoms with Crippen LogP contribution < -0.4 is 5.73 Å². The number of nitrogens with two attached hydrogens (primary N) is 1. The minimum atomic E-state index is -1.01. The van der Waals surface area contributed by atoms with Crippen LogP contribution in [0.1, 0.15) is 10.4 Å². The van der Waals surface area contributed by atoms with E-state index in [2.05, 4.69) is 4.98 Å². The van der Waals surface area contributed by atoms with Gasteiger partial charge in [0.15, 0.2) is 0 Å². The van der Waals surface area contributed by atoms with Crippen LogP contribution in [-0.4, -0.2) is 16.1 Å². The summed E-state index contributed by atoms with van der Waals surface area (Å²) in [4.78, 5) is 15.0. The Kier molecular flexibility index (Phi) is 2.55. The van der Waals surface area contributed by atoms with E-state index in [0.29, 0.717) is 5.69 Å². The topological polar surface area (TPSA) is 76.2 Å². The third kappa shape index (κ3) is 2.00. The first kappa shape index (κ1) is 10.2. The number of aromatic carboxylic acids is 1. The van der Waals surface area contributed by atoms with Crippen molar-refractivity contribution in [1.29, 1.82) is 0 Å². The lowest BCUT2D eigenvalue weighted by atomic mass is 10.1. The summed E-state index contributed by atoms with van der Waals surface area (Å²) in [6, 6.07) is 12.2. The molecule has 0 amide bonds. The molecule has 0 atom stereocenters. The number of nitrogen functional groups attached to an aromatic ring is 1. The molecule has 4 heteroatoms. The molecule has 0 saturated heterocycles. The number of aromatic nitrogens is 1. The van der Waals surface area contributed by atoms with Crippen molar-refractivity contribution in [2.24, 2.45) is 0 Å². The fraction of sp³-hybridized carbons (Fsp3) is 0. The molecule has 0 aliphatic rings. The molecule has 3 N–H and O–H groups in total. The van der Waals surface area contributed by atoms with Crippen LogP contribution in [0, 0.1) is 0 Å². The first-order chi connectivity index (χ1) is 7.66. The molecule has 0 aliphatic heterocycles. The Hall–Kier alpha value is -2.36. The minimum absolute atomic E-state index is 0.145. The number of carbonyl (C=O) groups is 1. The van der Waals surface area contributed by atoms with Crippen LogP contribution >= 0.6 is 0 Å². The maximum absolute atomic E-state index is 10.9. The molecule has 0 bridgehead atoms. The van der Waals surface area contributed by atoms with E-state index in [1.165, 1.54) is 12.1 Å². The van der Waals surface area contributed by atoms with Crippen molar-refractivity contribution in [3.05, 3.63) is 48.0 Å². The number of pyridine rings is 1. The molecule has 0 saturated carbocycles. The second-order valence-corrected chi connectivity index (χ2v) is 3.34. The second kappa shape index (κ2) is 4.02. The lowest BCUT2D eigenvalue weighted by molar-refractivity contribution is 0.0697. The second-order valence-electron chi connectivity index (χ2n) is 3.34. The Morgan fingerprint density at radius 2 is 1.88 bits per heavy atom. The van der Waals surface area contributed by atoms with Gasteiger partial charge in [0.05, 0.1) is 11.3 Å². The molecular weight excluding hydrogens is 204 g/mol. The van der Waals surface area contributed by atoms with Crippen LogP contribution in [0.5, 0.6) is 0 Å². The van der Waals surface area contributed by atoms with Gasteiger partial charge in [-0.25, -0.2) is 9.78 Å². The third-order valence-electron chi connectivity index (χ3n) is 2.16. The van der Waals surface area contributed by atoms with Gasteiger partial charge in [-0.3, -0.25) is 0 Å². The molecule has 2 aromatic rings. The molecule has 80 valence electrons. The summed E-state index contributed by atoms with van der Waals surface area (Å²) in [6.07, 6.45) is 0. The lowest BCUT2D eigenvalue weighted by Gasteiger charge is -2.03. The molecule has 1 heterocycles. The van der Waals surface area contributed by atoms with Crippen LogP contribution in [0.25, 0.3) is 11.3 Å². The first-order valence-electron chi connectivity index (χ1n) is 4.73. The van der Waals surface area contributed by atoms with Crippen LogP contribution in [0.15, 0.2) is 42.5 Å². The molecule has 1 aromatic heterocycles. The molecule has 16 heavy (non-hydrogen) atoms. The highest BCUT2D eigenvalue weighted by Crippen LogP contribution is 2.19. The third-order valence-corrected chi connectivity index (χ3v) is 2.16. The van der Waals surface area contributed by atoms with Gasteiger partial charge in [0.25, 0.3) is 0 Å². The van der Waals surface area contributed by atoms with Crippen LogP contribution in [0.4, 0.5) is 5.82 Å². The van der Waals surface area contributed by atoms with E-state index in [9.17, 15) is 4.79 Å². The normalized spacial score (nSPS) is 10.0. The van der Waals surface area contributed by atoms with E-state index in [-0.39, 0.29) is 11.4 Å². The largest absolute Gasteiger partial charge is 0.478 e. The van der Waals surface area contributed by atoms with Crippen LogP contribution in [-0.2, 0) is 0 Å².